The first-order chi connectivity index (χ1) is 11.4. The van der Waals surface area contributed by atoms with Gasteiger partial charge >= 0.3 is 0 Å². The molecule has 0 saturated carbocycles. The molecule has 0 fully saturated rings. The van der Waals surface area contributed by atoms with E-state index in [1.54, 1.807) is 5.57 Å². The third kappa shape index (κ3) is 5.33. The van der Waals surface area contributed by atoms with Gasteiger partial charge in [-0.25, -0.2) is 0 Å². The SMILES string of the molecule is C=C1C(CCCCCC)=C[C@@H](CCCCC)O[Si]1(C(C)C)C(C)C. The van der Waals surface area contributed by atoms with Crippen LogP contribution in [0.5, 0.6) is 0 Å². The van der Waals surface area contributed by atoms with E-state index in [4.69, 9.17) is 4.43 Å². The first kappa shape index (κ1) is 21.7. The number of hydrogen-bond donors (Lipinski definition) is 0. The monoisotopic (exact) mass is 350 g/mol. The Morgan fingerprint density at radius 2 is 1.54 bits per heavy atom. The summed E-state index contributed by atoms with van der Waals surface area (Å²) in [5, 5.41) is 1.40. The molecule has 0 aliphatic carbocycles. The Hall–Kier alpha value is -0.343. The highest BCUT2D eigenvalue weighted by atomic mass is 28.4. The van der Waals surface area contributed by atoms with Gasteiger partial charge in [-0.2, -0.15) is 0 Å². The maximum atomic E-state index is 6.88. The van der Waals surface area contributed by atoms with Gasteiger partial charge in [0.05, 0.1) is 6.10 Å². The molecule has 24 heavy (non-hydrogen) atoms. The Morgan fingerprint density at radius 1 is 0.958 bits per heavy atom. The molecule has 0 unspecified atom stereocenters. The average molecular weight is 351 g/mol. The van der Waals surface area contributed by atoms with E-state index in [1.165, 1.54) is 63.0 Å². The fourth-order valence-corrected chi connectivity index (χ4v) is 9.09. The first-order valence-electron chi connectivity index (χ1n) is 10.5. The van der Waals surface area contributed by atoms with Crippen molar-refractivity contribution < 1.29 is 4.43 Å². The molecular formula is C22H42OSi. The molecule has 0 saturated heterocycles. The fraction of sp³-hybridized carbons (Fsp3) is 0.818. The van der Waals surface area contributed by atoms with Crippen LogP contribution in [0.4, 0.5) is 0 Å². The molecule has 2 heteroatoms. The van der Waals surface area contributed by atoms with Gasteiger partial charge in [-0.3, -0.25) is 0 Å². The quantitative estimate of drug-likeness (QED) is 0.274. The summed E-state index contributed by atoms with van der Waals surface area (Å²) in [7, 11) is -1.96. The highest BCUT2D eigenvalue weighted by molar-refractivity contribution is 6.84. The molecule has 0 aromatic carbocycles. The van der Waals surface area contributed by atoms with E-state index in [2.05, 4.69) is 54.2 Å². The van der Waals surface area contributed by atoms with E-state index in [0.29, 0.717) is 17.2 Å². The molecule has 1 heterocycles. The second kappa shape index (κ2) is 10.6. The van der Waals surface area contributed by atoms with Gasteiger partial charge in [0.2, 0.25) is 8.32 Å². The molecule has 1 atom stereocenters. The van der Waals surface area contributed by atoms with Crippen molar-refractivity contribution in [2.45, 2.75) is 117 Å². The predicted molar refractivity (Wildman–Crippen MR) is 111 cm³/mol. The normalized spacial score (nSPS) is 20.8. The second-order valence-corrected chi connectivity index (χ2v) is 13.0. The molecule has 0 aromatic heterocycles. The summed E-state index contributed by atoms with van der Waals surface area (Å²) in [6.07, 6.45) is 14.4. The van der Waals surface area contributed by atoms with Gasteiger partial charge in [0, 0.05) is 0 Å². The van der Waals surface area contributed by atoms with Crippen molar-refractivity contribution in [2.75, 3.05) is 0 Å². The lowest BCUT2D eigenvalue weighted by Crippen LogP contribution is -2.52. The Bertz CT molecular complexity index is 400. The lowest BCUT2D eigenvalue weighted by atomic mass is 10.0. The van der Waals surface area contributed by atoms with Crippen molar-refractivity contribution in [2.24, 2.45) is 0 Å². The topological polar surface area (TPSA) is 9.23 Å². The zero-order chi connectivity index (χ0) is 18.2. The van der Waals surface area contributed by atoms with Crippen LogP contribution in [0.3, 0.4) is 0 Å². The van der Waals surface area contributed by atoms with Crippen molar-refractivity contribution in [1.82, 2.24) is 0 Å². The van der Waals surface area contributed by atoms with Crippen molar-refractivity contribution in [1.29, 1.82) is 0 Å². The maximum Gasteiger partial charge on any atom is 0.229 e. The van der Waals surface area contributed by atoms with E-state index in [0.717, 1.165) is 0 Å². The van der Waals surface area contributed by atoms with Crippen molar-refractivity contribution in [3.05, 3.63) is 23.4 Å². The molecule has 140 valence electrons. The van der Waals surface area contributed by atoms with Crippen LogP contribution >= 0.6 is 0 Å². The molecule has 1 aliphatic rings. The largest absolute Gasteiger partial charge is 0.406 e. The summed E-state index contributed by atoms with van der Waals surface area (Å²) < 4.78 is 6.88. The number of allylic oxidation sites excluding steroid dienone is 2. The minimum absolute atomic E-state index is 0.333. The van der Waals surface area contributed by atoms with Gasteiger partial charge < -0.3 is 4.43 Å². The fourth-order valence-electron chi connectivity index (χ4n) is 4.28. The zero-order valence-electron chi connectivity index (χ0n) is 17.3. The molecule has 0 amide bonds. The van der Waals surface area contributed by atoms with Gasteiger partial charge in [0.25, 0.3) is 0 Å². The molecule has 0 radical (unpaired) electrons. The van der Waals surface area contributed by atoms with Crippen LogP contribution < -0.4 is 0 Å². The standard InChI is InChI=1S/C22H42OSi/c1-8-10-12-14-15-21-17-22(16-13-11-9-2)23-24(18(3)4,19(5)6)20(21)7/h17-19,22H,7-16H2,1-6H3/t22-/m1/s1. The molecule has 0 N–H and O–H groups in total. The maximum absolute atomic E-state index is 6.88. The number of unbranched alkanes of at least 4 members (excludes halogenated alkanes) is 5. The zero-order valence-corrected chi connectivity index (χ0v) is 18.3. The van der Waals surface area contributed by atoms with Crippen molar-refractivity contribution in [3.8, 4) is 0 Å². The van der Waals surface area contributed by atoms with Crippen molar-refractivity contribution in [3.63, 3.8) is 0 Å². The van der Waals surface area contributed by atoms with E-state index < -0.39 is 8.32 Å². The second-order valence-electron chi connectivity index (χ2n) is 8.24. The molecule has 1 nitrogen and oxygen atoms in total. The van der Waals surface area contributed by atoms with Crippen LogP contribution in [0.1, 0.15) is 99.3 Å². The molecule has 0 aromatic rings. The lowest BCUT2D eigenvalue weighted by molar-refractivity contribution is 0.206. The third-order valence-corrected chi connectivity index (χ3v) is 11.1. The first-order valence-corrected chi connectivity index (χ1v) is 12.5. The molecule has 1 aliphatic heterocycles. The van der Waals surface area contributed by atoms with E-state index in [9.17, 15) is 0 Å². The van der Waals surface area contributed by atoms with Crippen LogP contribution in [0.2, 0.25) is 11.1 Å². The van der Waals surface area contributed by atoms with Gasteiger partial charge in [-0.05, 0) is 41.1 Å². The van der Waals surface area contributed by atoms with E-state index in [1.807, 2.05) is 0 Å². The molecular weight excluding hydrogens is 308 g/mol. The summed E-state index contributed by atoms with van der Waals surface area (Å²) in [6, 6.07) is 0. The minimum Gasteiger partial charge on any atom is -0.406 e. The van der Waals surface area contributed by atoms with Gasteiger partial charge in [0.15, 0.2) is 0 Å². The van der Waals surface area contributed by atoms with E-state index >= 15 is 0 Å². The Morgan fingerprint density at radius 3 is 2.08 bits per heavy atom. The van der Waals surface area contributed by atoms with Crippen LogP contribution in [0.15, 0.2) is 23.4 Å². The van der Waals surface area contributed by atoms with Gasteiger partial charge in [-0.1, -0.05) is 92.7 Å². The number of rotatable bonds is 11. The minimum atomic E-state index is -1.96. The van der Waals surface area contributed by atoms with Crippen LogP contribution in [-0.4, -0.2) is 14.4 Å². The van der Waals surface area contributed by atoms with Crippen LogP contribution in [0.25, 0.3) is 0 Å². The Kier molecular flexibility index (Phi) is 9.59. The van der Waals surface area contributed by atoms with Gasteiger partial charge in [0.1, 0.15) is 0 Å². The van der Waals surface area contributed by atoms with Crippen LogP contribution in [-0.2, 0) is 4.43 Å². The van der Waals surface area contributed by atoms with Crippen molar-refractivity contribution >= 4 is 8.32 Å². The number of hydrogen-bond acceptors (Lipinski definition) is 1. The molecule has 0 spiro atoms. The molecule has 0 bridgehead atoms. The summed E-state index contributed by atoms with van der Waals surface area (Å²) in [6.45, 7) is 18.6. The van der Waals surface area contributed by atoms with Crippen LogP contribution in [0, 0.1) is 0 Å². The Balaban J connectivity index is 2.96. The Labute approximate surface area is 153 Å². The average Bonchev–Trinajstić information content (AvgIpc) is 2.53. The summed E-state index contributed by atoms with van der Waals surface area (Å²) >= 11 is 0. The lowest BCUT2D eigenvalue weighted by Gasteiger charge is -2.46. The van der Waals surface area contributed by atoms with Gasteiger partial charge in [-0.15, -0.1) is 0 Å². The summed E-state index contributed by atoms with van der Waals surface area (Å²) in [5.74, 6) is 0. The summed E-state index contributed by atoms with van der Waals surface area (Å²) in [4.78, 5) is 0. The summed E-state index contributed by atoms with van der Waals surface area (Å²) in [5.41, 5.74) is 2.74. The highest BCUT2D eigenvalue weighted by Crippen LogP contribution is 2.46. The smallest absolute Gasteiger partial charge is 0.229 e. The van der Waals surface area contributed by atoms with E-state index in [-0.39, 0.29) is 0 Å². The highest BCUT2D eigenvalue weighted by Gasteiger charge is 2.49. The predicted octanol–water partition coefficient (Wildman–Crippen LogP) is 7.72. The third-order valence-electron chi connectivity index (χ3n) is 5.70. The molecule has 1 rings (SSSR count).